The van der Waals surface area contributed by atoms with Crippen molar-refractivity contribution in [1.82, 2.24) is 0 Å². The monoisotopic (exact) mass is 184 g/mol. The zero-order valence-corrected chi connectivity index (χ0v) is 7.15. The summed E-state index contributed by atoms with van der Waals surface area (Å²) in [6.07, 6.45) is 0.273. The van der Waals surface area contributed by atoms with Crippen LogP contribution in [0.3, 0.4) is 0 Å². The summed E-state index contributed by atoms with van der Waals surface area (Å²) < 4.78 is 26.5. The largest absolute Gasteiger partial charge is 0.377 e. The molecule has 0 aliphatic carbocycles. The molecule has 1 fully saturated rings. The second-order valence-electron chi connectivity index (χ2n) is 2.38. The minimum atomic E-state index is -3.40. The maximum Gasteiger partial charge on any atom is 0.238 e. The van der Waals surface area contributed by atoms with Crippen LogP contribution < -0.4 is 0 Å². The third-order valence-electron chi connectivity index (χ3n) is 1.67. The summed E-state index contributed by atoms with van der Waals surface area (Å²) >= 11 is 0. The maximum atomic E-state index is 10.7. The van der Waals surface area contributed by atoms with Crippen LogP contribution in [0.25, 0.3) is 0 Å². The summed E-state index contributed by atoms with van der Waals surface area (Å²) in [6.45, 7) is 2.22. The Balaban J connectivity index is 2.74. The first-order valence-electron chi connectivity index (χ1n) is 3.07. The molecule has 0 spiro atoms. The van der Waals surface area contributed by atoms with E-state index in [4.69, 9.17) is 15.4 Å². The molecule has 0 N–H and O–H groups in total. The molecule has 0 aromatic rings. The zero-order valence-electron chi connectivity index (χ0n) is 5.58. The first kappa shape index (κ1) is 8.30. The van der Waals surface area contributed by atoms with Gasteiger partial charge in [0, 0.05) is 17.3 Å². The molecule has 1 rings (SSSR count). The van der Waals surface area contributed by atoms with Crippen molar-refractivity contribution in [3.05, 3.63) is 0 Å². The van der Waals surface area contributed by atoms with Crippen molar-refractivity contribution in [1.29, 1.82) is 0 Å². The van der Waals surface area contributed by atoms with E-state index in [-0.39, 0.29) is 6.10 Å². The highest BCUT2D eigenvalue weighted by molar-refractivity contribution is 8.14. The van der Waals surface area contributed by atoms with Crippen LogP contribution in [0.4, 0.5) is 0 Å². The maximum absolute atomic E-state index is 10.7. The molecule has 10 heavy (non-hydrogen) atoms. The highest BCUT2D eigenvalue weighted by atomic mass is 35.7. The van der Waals surface area contributed by atoms with Crippen LogP contribution >= 0.6 is 10.7 Å². The number of hydrogen-bond acceptors (Lipinski definition) is 3. The second-order valence-corrected chi connectivity index (χ2v) is 5.23. The van der Waals surface area contributed by atoms with E-state index in [2.05, 4.69) is 0 Å². The van der Waals surface area contributed by atoms with E-state index in [1.165, 1.54) is 0 Å². The summed E-state index contributed by atoms with van der Waals surface area (Å²) in [5, 5.41) is -0.505. The molecule has 0 amide bonds. The Labute approximate surface area is 64.7 Å². The Morgan fingerprint density at radius 1 is 1.60 bits per heavy atom. The van der Waals surface area contributed by atoms with Gasteiger partial charge in [-0.2, -0.15) is 0 Å². The second kappa shape index (κ2) is 2.68. The fourth-order valence-electron chi connectivity index (χ4n) is 1.08. The van der Waals surface area contributed by atoms with Crippen molar-refractivity contribution in [2.45, 2.75) is 24.7 Å². The number of hydrogen-bond donors (Lipinski definition) is 0. The Morgan fingerprint density at radius 3 is 2.40 bits per heavy atom. The molecule has 60 valence electrons. The van der Waals surface area contributed by atoms with E-state index in [1.807, 2.05) is 0 Å². The fourth-order valence-corrected chi connectivity index (χ4v) is 2.70. The predicted molar refractivity (Wildman–Crippen MR) is 38.6 cm³/mol. The first-order chi connectivity index (χ1) is 4.52. The van der Waals surface area contributed by atoms with Gasteiger partial charge in [0.1, 0.15) is 5.25 Å². The van der Waals surface area contributed by atoms with Crippen LogP contribution in [0.15, 0.2) is 0 Å². The molecule has 5 heteroatoms. The van der Waals surface area contributed by atoms with E-state index in [1.54, 1.807) is 6.92 Å². The molecular formula is C5H9ClO3S. The molecule has 1 aliphatic heterocycles. The van der Waals surface area contributed by atoms with E-state index < -0.39 is 14.3 Å². The van der Waals surface area contributed by atoms with E-state index in [0.717, 1.165) is 0 Å². The molecule has 2 atom stereocenters. The van der Waals surface area contributed by atoms with Gasteiger partial charge < -0.3 is 4.74 Å². The molecule has 0 aromatic carbocycles. The van der Waals surface area contributed by atoms with Crippen LogP contribution in [0, 0.1) is 0 Å². The first-order valence-corrected chi connectivity index (χ1v) is 5.44. The van der Waals surface area contributed by atoms with Gasteiger partial charge in [-0.25, -0.2) is 8.42 Å². The summed E-state index contributed by atoms with van der Waals surface area (Å²) in [6, 6.07) is 0. The van der Waals surface area contributed by atoms with E-state index in [0.29, 0.717) is 13.0 Å². The normalized spacial score (nSPS) is 34.6. The minimum Gasteiger partial charge on any atom is -0.377 e. The molecule has 1 aliphatic rings. The molecule has 0 saturated carbocycles. The van der Waals surface area contributed by atoms with Crippen LogP contribution in [-0.2, 0) is 13.8 Å². The lowest BCUT2D eigenvalue weighted by Crippen LogP contribution is -2.23. The van der Waals surface area contributed by atoms with Crippen LogP contribution in [0.2, 0.25) is 0 Å². The number of rotatable bonds is 1. The van der Waals surface area contributed by atoms with Crippen molar-refractivity contribution in [3.8, 4) is 0 Å². The summed E-state index contributed by atoms with van der Waals surface area (Å²) in [5.74, 6) is 0. The highest BCUT2D eigenvalue weighted by Crippen LogP contribution is 2.23. The summed E-state index contributed by atoms with van der Waals surface area (Å²) in [7, 11) is 1.72. The van der Waals surface area contributed by atoms with Crippen molar-refractivity contribution < 1.29 is 13.2 Å². The van der Waals surface area contributed by atoms with E-state index in [9.17, 15) is 8.42 Å². The lowest BCUT2D eigenvalue weighted by atomic mass is 10.3. The lowest BCUT2D eigenvalue weighted by Gasteiger charge is -2.08. The Bertz CT molecular complexity index is 211. The molecule has 1 saturated heterocycles. The molecule has 0 radical (unpaired) electrons. The number of halogens is 1. The van der Waals surface area contributed by atoms with Crippen LogP contribution in [0.1, 0.15) is 13.3 Å². The van der Waals surface area contributed by atoms with Crippen molar-refractivity contribution >= 4 is 19.7 Å². The van der Waals surface area contributed by atoms with Gasteiger partial charge in [0.2, 0.25) is 9.05 Å². The average molecular weight is 185 g/mol. The topological polar surface area (TPSA) is 43.4 Å². The van der Waals surface area contributed by atoms with Gasteiger partial charge in [0.15, 0.2) is 0 Å². The standard InChI is InChI=1S/C5H9ClO3S/c1-4-5(2-3-9-4)10(6,7)8/h4-5H,2-3H2,1H3/t4-,5+/m1/s1. The smallest absolute Gasteiger partial charge is 0.238 e. The minimum absolute atomic E-state index is 0.248. The quantitative estimate of drug-likeness (QED) is 0.565. The van der Waals surface area contributed by atoms with Gasteiger partial charge in [0.05, 0.1) is 6.10 Å². The van der Waals surface area contributed by atoms with Gasteiger partial charge in [-0.3, -0.25) is 0 Å². The zero-order chi connectivity index (χ0) is 7.78. The van der Waals surface area contributed by atoms with Gasteiger partial charge in [-0.1, -0.05) is 0 Å². The van der Waals surface area contributed by atoms with Crippen LogP contribution in [0.5, 0.6) is 0 Å². The Hall–Kier alpha value is 0.200. The molecular weight excluding hydrogens is 176 g/mol. The van der Waals surface area contributed by atoms with Crippen molar-refractivity contribution in [2.75, 3.05) is 6.61 Å². The van der Waals surface area contributed by atoms with Gasteiger partial charge in [0.25, 0.3) is 0 Å². The molecule has 3 nitrogen and oxygen atoms in total. The summed E-state index contributed by atoms with van der Waals surface area (Å²) in [5.41, 5.74) is 0. The van der Waals surface area contributed by atoms with Crippen molar-refractivity contribution in [2.24, 2.45) is 0 Å². The van der Waals surface area contributed by atoms with E-state index >= 15 is 0 Å². The lowest BCUT2D eigenvalue weighted by molar-refractivity contribution is 0.126. The molecule has 0 unspecified atom stereocenters. The van der Waals surface area contributed by atoms with Gasteiger partial charge in [-0.15, -0.1) is 0 Å². The van der Waals surface area contributed by atoms with Gasteiger partial charge >= 0.3 is 0 Å². The van der Waals surface area contributed by atoms with Gasteiger partial charge in [-0.05, 0) is 13.3 Å². The SMILES string of the molecule is C[C@H]1OCC[C@@H]1S(=O)(=O)Cl. The summed E-state index contributed by atoms with van der Waals surface area (Å²) in [4.78, 5) is 0. The Morgan fingerprint density at radius 2 is 2.20 bits per heavy atom. The van der Waals surface area contributed by atoms with Crippen molar-refractivity contribution in [3.63, 3.8) is 0 Å². The predicted octanol–water partition coefficient (Wildman–Crippen LogP) is 0.732. The third-order valence-corrected chi connectivity index (χ3v) is 3.70. The average Bonchev–Trinajstić information content (AvgIpc) is 2.11. The molecule has 0 aromatic heterocycles. The fraction of sp³-hybridized carbons (Fsp3) is 1.00. The molecule has 0 bridgehead atoms. The number of ether oxygens (including phenoxy) is 1. The third kappa shape index (κ3) is 1.62. The molecule has 1 heterocycles. The highest BCUT2D eigenvalue weighted by Gasteiger charge is 2.34. The van der Waals surface area contributed by atoms with Crippen LogP contribution in [-0.4, -0.2) is 26.4 Å². The Kier molecular flexibility index (Phi) is 2.22.